The molecule has 0 aliphatic carbocycles. The molecule has 0 saturated heterocycles. The molecule has 0 radical (unpaired) electrons. The summed E-state index contributed by atoms with van der Waals surface area (Å²) >= 11 is 0. The molecule has 2 rings (SSSR count). The van der Waals surface area contributed by atoms with Gasteiger partial charge in [-0.15, -0.1) is 0 Å². The fourth-order valence-electron chi connectivity index (χ4n) is 2.11. The Hall–Kier alpha value is -2.27. The molecule has 0 saturated carbocycles. The third-order valence-electron chi connectivity index (χ3n) is 3.26. The average Bonchev–Trinajstić information content (AvgIpc) is 2.48. The SMILES string of the molecule is CN(C)C(CNC(=O)c1ccncc1)c1cccc(F)c1. The van der Waals surface area contributed by atoms with Gasteiger partial charge < -0.3 is 10.2 Å². The second kappa shape index (κ2) is 6.95. The van der Waals surface area contributed by atoms with E-state index < -0.39 is 0 Å². The highest BCUT2D eigenvalue weighted by atomic mass is 19.1. The first kappa shape index (κ1) is 15.1. The van der Waals surface area contributed by atoms with Crippen LogP contribution in [0.15, 0.2) is 48.8 Å². The molecule has 1 unspecified atom stereocenters. The van der Waals surface area contributed by atoms with Crippen LogP contribution in [-0.4, -0.2) is 36.4 Å². The molecule has 1 N–H and O–H groups in total. The standard InChI is InChI=1S/C16H18FN3O/c1-20(2)15(13-4-3-5-14(17)10-13)11-19-16(21)12-6-8-18-9-7-12/h3-10,15H,11H2,1-2H3,(H,19,21). The largest absolute Gasteiger partial charge is 0.350 e. The molecule has 1 amide bonds. The van der Waals surface area contributed by atoms with Crippen molar-refractivity contribution in [3.05, 3.63) is 65.7 Å². The normalized spacial score (nSPS) is 12.2. The van der Waals surface area contributed by atoms with Crippen LogP contribution in [0.1, 0.15) is 22.0 Å². The van der Waals surface area contributed by atoms with Crippen LogP contribution in [0.2, 0.25) is 0 Å². The van der Waals surface area contributed by atoms with E-state index in [4.69, 9.17) is 0 Å². The number of carbonyl (C=O) groups is 1. The van der Waals surface area contributed by atoms with E-state index in [0.717, 1.165) is 5.56 Å². The molecule has 0 fully saturated rings. The lowest BCUT2D eigenvalue weighted by Gasteiger charge is -2.25. The van der Waals surface area contributed by atoms with Gasteiger partial charge in [0.1, 0.15) is 5.82 Å². The maximum atomic E-state index is 13.3. The Balaban J connectivity index is 2.06. The van der Waals surface area contributed by atoms with Crippen LogP contribution in [0, 0.1) is 5.82 Å². The van der Waals surface area contributed by atoms with Gasteiger partial charge in [-0.2, -0.15) is 0 Å². The second-order valence-corrected chi connectivity index (χ2v) is 4.98. The van der Waals surface area contributed by atoms with E-state index >= 15 is 0 Å². The third-order valence-corrected chi connectivity index (χ3v) is 3.26. The number of benzene rings is 1. The number of nitrogens with zero attached hydrogens (tertiary/aromatic N) is 2. The van der Waals surface area contributed by atoms with Gasteiger partial charge in [0, 0.05) is 24.5 Å². The van der Waals surface area contributed by atoms with Crippen molar-refractivity contribution >= 4 is 5.91 Å². The van der Waals surface area contributed by atoms with Crippen molar-refractivity contribution in [2.45, 2.75) is 6.04 Å². The number of likely N-dealkylation sites (N-methyl/N-ethyl adjacent to an activating group) is 1. The number of hydrogen-bond acceptors (Lipinski definition) is 3. The third kappa shape index (κ3) is 4.10. The number of pyridine rings is 1. The number of rotatable bonds is 5. The van der Waals surface area contributed by atoms with E-state index in [1.54, 1.807) is 30.6 Å². The number of aromatic nitrogens is 1. The Morgan fingerprint density at radius 2 is 2.00 bits per heavy atom. The van der Waals surface area contributed by atoms with Crippen LogP contribution in [0.4, 0.5) is 4.39 Å². The highest BCUT2D eigenvalue weighted by Gasteiger charge is 2.16. The first-order valence-corrected chi connectivity index (χ1v) is 6.68. The molecule has 0 aliphatic rings. The van der Waals surface area contributed by atoms with Crippen LogP contribution in [0.3, 0.4) is 0 Å². The summed E-state index contributed by atoms with van der Waals surface area (Å²) in [4.78, 5) is 17.9. The van der Waals surface area contributed by atoms with Gasteiger partial charge in [-0.1, -0.05) is 12.1 Å². The van der Waals surface area contributed by atoms with Gasteiger partial charge in [-0.05, 0) is 43.9 Å². The maximum Gasteiger partial charge on any atom is 0.251 e. The first-order valence-electron chi connectivity index (χ1n) is 6.68. The Labute approximate surface area is 123 Å². The van der Waals surface area contributed by atoms with Crippen molar-refractivity contribution in [1.82, 2.24) is 15.2 Å². The number of halogens is 1. The molecule has 1 heterocycles. The van der Waals surface area contributed by atoms with E-state index in [2.05, 4.69) is 10.3 Å². The Morgan fingerprint density at radius 1 is 1.29 bits per heavy atom. The number of carbonyl (C=O) groups excluding carboxylic acids is 1. The zero-order valence-corrected chi connectivity index (χ0v) is 12.1. The lowest BCUT2D eigenvalue weighted by molar-refractivity contribution is 0.0942. The zero-order chi connectivity index (χ0) is 15.2. The molecular weight excluding hydrogens is 269 g/mol. The lowest BCUT2D eigenvalue weighted by atomic mass is 10.1. The minimum atomic E-state index is -0.278. The van der Waals surface area contributed by atoms with E-state index in [1.807, 2.05) is 25.1 Å². The summed E-state index contributed by atoms with van der Waals surface area (Å²) in [7, 11) is 3.79. The van der Waals surface area contributed by atoms with Crippen molar-refractivity contribution < 1.29 is 9.18 Å². The molecule has 0 aliphatic heterocycles. The number of amides is 1. The molecule has 0 bridgehead atoms. The maximum absolute atomic E-state index is 13.3. The summed E-state index contributed by atoms with van der Waals surface area (Å²) < 4.78 is 13.3. The highest BCUT2D eigenvalue weighted by molar-refractivity contribution is 5.93. The van der Waals surface area contributed by atoms with Crippen molar-refractivity contribution in [2.75, 3.05) is 20.6 Å². The van der Waals surface area contributed by atoms with Crippen LogP contribution in [0.5, 0.6) is 0 Å². The van der Waals surface area contributed by atoms with Crippen molar-refractivity contribution in [1.29, 1.82) is 0 Å². The molecule has 110 valence electrons. The zero-order valence-electron chi connectivity index (χ0n) is 12.1. The molecular formula is C16H18FN3O. The van der Waals surface area contributed by atoms with Gasteiger partial charge in [-0.25, -0.2) is 4.39 Å². The summed E-state index contributed by atoms with van der Waals surface area (Å²) in [5.41, 5.74) is 1.39. The summed E-state index contributed by atoms with van der Waals surface area (Å²) in [6, 6.07) is 9.64. The topological polar surface area (TPSA) is 45.2 Å². The number of nitrogens with one attached hydrogen (secondary N) is 1. The second-order valence-electron chi connectivity index (χ2n) is 4.98. The van der Waals surface area contributed by atoms with Gasteiger partial charge >= 0.3 is 0 Å². The monoisotopic (exact) mass is 287 g/mol. The van der Waals surface area contributed by atoms with E-state index in [0.29, 0.717) is 12.1 Å². The number of hydrogen-bond donors (Lipinski definition) is 1. The van der Waals surface area contributed by atoms with Crippen LogP contribution in [-0.2, 0) is 0 Å². The predicted octanol–water partition coefficient (Wildman–Crippen LogP) is 2.25. The Kier molecular flexibility index (Phi) is 5.00. The molecule has 4 nitrogen and oxygen atoms in total. The fourth-order valence-corrected chi connectivity index (χ4v) is 2.11. The molecule has 21 heavy (non-hydrogen) atoms. The Morgan fingerprint density at radius 3 is 2.62 bits per heavy atom. The van der Waals surface area contributed by atoms with Crippen LogP contribution >= 0.6 is 0 Å². The predicted molar refractivity (Wildman–Crippen MR) is 79.4 cm³/mol. The molecule has 5 heteroatoms. The van der Waals surface area contributed by atoms with Crippen LogP contribution in [0.25, 0.3) is 0 Å². The van der Waals surface area contributed by atoms with Gasteiger partial charge in [0.2, 0.25) is 0 Å². The van der Waals surface area contributed by atoms with Crippen molar-refractivity contribution in [3.63, 3.8) is 0 Å². The van der Waals surface area contributed by atoms with Crippen molar-refractivity contribution in [3.8, 4) is 0 Å². The molecule has 1 atom stereocenters. The minimum Gasteiger partial charge on any atom is -0.350 e. The van der Waals surface area contributed by atoms with E-state index in [9.17, 15) is 9.18 Å². The first-order chi connectivity index (χ1) is 10.1. The van der Waals surface area contributed by atoms with Crippen LogP contribution < -0.4 is 5.32 Å². The van der Waals surface area contributed by atoms with E-state index in [-0.39, 0.29) is 17.8 Å². The fraction of sp³-hybridized carbons (Fsp3) is 0.250. The molecule has 2 aromatic rings. The van der Waals surface area contributed by atoms with Gasteiger partial charge in [-0.3, -0.25) is 9.78 Å². The van der Waals surface area contributed by atoms with E-state index in [1.165, 1.54) is 12.1 Å². The minimum absolute atomic E-state index is 0.0912. The average molecular weight is 287 g/mol. The van der Waals surface area contributed by atoms with Gasteiger partial charge in [0.05, 0.1) is 6.04 Å². The molecule has 0 spiro atoms. The van der Waals surface area contributed by atoms with Crippen molar-refractivity contribution in [2.24, 2.45) is 0 Å². The summed E-state index contributed by atoms with van der Waals surface area (Å²) in [5, 5.41) is 2.87. The highest BCUT2D eigenvalue weighted by Crippen LogP contribution is 2.18. The van der Waals surface area contributed by atoms with Gasteiger partial charge in [0.15, 0.2) is 0 Å². The molecule has 1 aromatic carbocycles. The lowest BCUT2D eigenvalue weighted by Crippen LogP contribution is -2.34. The Bertz CT molecular complexity index is 601. The summed E-state index contributed by atoms with van der Waals surface area (Å²) in [5.74, 6) is -0.444. The molecule has 1 aromatic heterocycles. The smallest absolute Gasteiger partial charge is 0.251 e. The quantitative estimate of drug-likeness (QED) is 0.917. The summed E-state index contributed by atoms with van der Waals surface area (Å²) in [6.07, 6.45) is 3.15. The van der Waals surface area contributed by atoms with Gasteiger partial charge in [0.25, 0.3) is 5.91 Å². The summed E-state index contributed by atoms with van der Waals surface area (Å²) in [6.45, 7) is 0.400.